The van der Waals surface area contributed by atoms with Gasteiger partial charge >= 0.3 is 0 Å². The lowest BCUT2D eigenvalue weighted by molar-refractivity contribution is 0.248. The lowest BCUT2D eigenvalue weighted by Gasteiger charge is -2.22. The molecule has 3 aromatic rings. The van der Waals surface area contributed by atoms with E-state index >= 15 is 0 Å². The molecule has 4 heterocycles. The van der Waals surface area contributed by atoms with Crippen molar-refractivity contribution in [2.45, 2.75) is 32.4 Å². The number of aryl methyl sites for hydroxylation is 1. The first kappa shape index (κ1) is 14.2. The van der Waals surface area contributed by atoms with Gasteiger partial charge < -0.3 is 4.42 Å². The molecule has 0 saturated carbocycles. The van der Waals surface area contributed by atoms with Crippen molar-refractivity contribution in [3.63, 3.8) is 0 Å². The molecule has 114 valence electrons. The first-order valence-electron chi connectivity index (χ1n) is 7.58. The van der Waals surface area contributed by atoms with Gasteiger partial charge in [-0.2, -0.15) is 0 Å². The predicted molar refractivity (Wildman–Crippen MR) is 91.3 cm³/mol. The van der Waals surface area contributed by atoms with Crippen LogP contribution in [0.1, 0.15) is 34.3 Å². The molecule has 0 N–H and O–H groups in total. The highest BCUT2D eigenvalue weighted by atomic mass is 32.1. The van der Waals surface area contributed by atoms with E-state index in [9.17, 15) is 0 Å². The lowest BCUT2D eigenvalue weighted by Crippen LogP contribution is -2.22. The fourth-order valence-corrected chi connectivity index (χ4v) is 4.77. The van der Waals surface area contributed by atoms with E-state index in [1.54, 1.807) is 11.3 Å². The summed E-state index contributed by atoms with van der Waals surface area (Å²) in [6, 6.07) is 9.12. The Hall–Kier alpha value is -1.43. The molecule has 3 aromatic heterocycles. The van der Waals surface area contributed by atoms with Crippen LogP contribution in [0.2, 0.25) is 0 Å². The van der Waals surface area contributed by atoms with E-state index in [0.717, 1.165) is 29.6 Å². The summed E-state index contributed by atoms with van der Waals surface area (Å²) in [4.78, 5) is 11.2. The molecule has 1 aliphatic heterocycles. The largest absolute Gasteiger partial charge is 0.444 e. The molecule has 22 heavy (non-hydrogen) atoms. The fourth-order valence-electron chi connectivity index (χ4n) is 3.07. The van der Waals surface area contributed by atoms with Crippen LogP contribution in [0.15, 0.2) is 40.3 Å². The molecule has 1 saturated heterocycles. The van der Waals surface area contributed by atoms with Crippen molar-refractivity contribution in [3.05, 3.63) is 51.4 Å². The van der Waals surface area contributed by atoms with Crippen LogP contribution in [-0.2, 0) is 6.54 Å². The smallest absolute Gasteiger partial charge is 0.236 e. The van der Waals surface area contributed by atoms with E-state index in [1.807, 2.05) is 29.7 Å². The summed E-state index contributed by atoms with van der Waals surface area (Å²) in [6.07, 6.45) is 4.32. The highest BCUT2D eigenvalue weighted by Crippen LogP contribution is 2.36. The van der Waals surface area contributed by atoms with Gasteiger partial charge in [-0.05, 0) is 49.9 Å². The molecule has 5 heteroatoms. The number of hydrogen-bond donors (Lipinski definition) is 0. The molecule has 1 aliphatic rings. The van der Waals surface area contributed by atoms with Gasteiger partial charge in [-0.15, -0.1) is 22.7 Å². The Labute approximate surface area is 138 Å². The van der Waals surface area contributed by atoms with Crippen LogP contribution in [0.5, 0.6) is 0 Å². The second-order valence-electron chi connectivity index (χ2n) is 5.70. The van der Waals surface area contributed by atoms with Crippen LogP contribution in [0.3, 0.4) is 0 Å². The monoisotopic (exact) mass is 330 g/mol. The van der Waals surface area contributed by atoms with Crippen molar-refractivity contribution in [2.75, 3.05) is 6.54 Å². The lowest BCUT2D eigenvalue weighted by atomic mass is 10.2. The number of oxazole rings is 1. The minimum Gasteiger partial charge on any atom is -0.444 e. The molecule has 1 unspecified atom stereocenters. The third kappa shape index (κ3) is 2.76. The van der Waals surface area contributed by atoms with Crippen LogP contribution in [0.25, 0.3) is 10.8 Å². The molecule has 0 aromatic carbocycles. The Morgan fingerprint density at radius 3 is 3.09 bits per heavy atom. The van der Waals surface area contributed by atoms with Crippen LogP contribution in [0.4, 0.5) is 0 Å². The van der Waals surface area contributed by atoms with Gasteiger partial charge in [-0.25, -0.2) is 4.98 Å². The standard InChI is InChI=1S/C17H18N2OS2/c1-12-6-7-15(22-12)14-4-2-8-19(14)10-13-11-20-17(18-13)16-5-3-9-21-16/h3,5-7,9,11,14H,2,4,8,10H2,1H3. The summed E-state index contributed by atoms with van der Waals surface area (Å²) in [5, 5.41) is 2.05. The van der Waals surface area contributed by atoms with Crippen molar-refractivity contribution in [2.24, 2.45) is 0 Å². The summed E-state index contributed by atoms with van der Waals surface area (Å²) in [5.41, 5.74) is 1.03. The number of likely N-dealkylation sites (tertiary alicyclic amines) is 1. The van der Waals surface area contributed by atoms with Crippen molar-refractivity contribution in [1.29, 1.82) is 0 Å². The average Bonchev–Trinajstić information content (AvgIpc) is 3.26. The Kier molecular flexibility index (Phi) is 3.86. The van der Waals surface area contributed by atoms with Crippen molar-refractivity contribution < 1.29 is 4.42 Å². The van der Waals surface area contributed by atoms with Crippen LogP contribution in [-0.4, -0.2) is 16.4 Å². The minimum absolute atomic E-state index is 0.542. The number of aromatic nitrogens is 1. The zero-order valence-electron chi connectivity index (χ0n) is 12.5. The molecule has 3 nitrogen and oxygen atoms in total. The molecule has 4 rings (SSSR count). The Balaban J connectivity index is 1.50. The Morgan fingerprint density at radius 1 is 1.36 bits per heavy atom. The number of rotatable bonds is 4. The minimum atomic E-state index is 0.542. The van der Waals surface area contributed by atoms with Crippen LogP contribution in [0, 0.1) is 6.92 Å². The van der Waals surface area contributed by atoms with Gasteiger partial charge in [0.15, 0.2) is 0 Å². The number of hydrogen-bond acceptors (Lipinski definition) is 5. The zero-order valence-corrected chi connectivity index (χ0v) is 14.1. The van der Waals surface area contributed by atoms with E-state index in [1.165, 1.54) is 22.6 Å². The van der Waals surface area contributed by atoms with Gasteiger partial charge in [0.1, 0.15) is 6.26 Å². The topological polar surface area (TPSA) is 29.3 Å². The van der Waals surface area contributed by atoms with E-state index in [0.29, 0.717) is 6.04 Å². The molecule has 0 aliphatic carbocycles. The maximum absolute atomic E-state index is 5.64. The van der Waals surface area contributed by atoms with Crippen molar-refractivity contribution in [1.82, 2.24) is 9.88 Å². The molecule has 0 radical (unpaired) electrons. The van der Waals surface area contributed by atoms with E-state index in [2.05, 4.69) is 34.3 Å². The molecular formula is C17H18N2OS2. The molecule has 0 spiro atoms. The first-order valence-corrected chi connectivity index (χ1v) is 9.28. The van der Waals surface area contributed by atoms with Gasteiger partial charge in [-0.3, -0.25) is 4.90 Å². The zero-order chi connectivity index (χ0) is 14.9. The highest BCUT2D eigenvalue weighted by molar-refractivity contribution is 7.13. The maximum Gasteiger partial charge on any atom is 0.236 e. The number of thiophene rings is 2. The van der Waals surface area contributed by atoms with Crippen molar-refractivity contribution in [3.8, 4) is 10.8 Å². The molecule has 0 amide bonds. The van der Waals surface area contributed by atoms with Gasteiger partial charge in [0.2, 0.25) is 5.89 Å². The molecule has 1 fully saturated rings. The van der Waals surface area contributed by atoms with Crippen LogP contribution >= 0.6 is 22.7 Å². The van der Waals surface area contributed by atoms with E-state index in [4.69, 9.17) is 4.42 Å². The van der Waals surface area contributed by atoms with E-state index in [-0.39, 0.29) is 0 Å². The Bertz CT molecular complexity index is 744. The highest BCUT2D eigenvalue weighted by Gasteiger charge is 2.27. The Morgan fingerprint density at radius 2 is 2.32 bits per heavy atom. The maximum atomic E-state index is 5.64. The first-order chi connectivity index (χ1) is 10.8. The normalized spacial score (nSPS) is 19.0. The molecular weight excluding hydrogens is 312 g/mol. The average molecular weight is 330 g/mol. The van der Waals surface area contributed by atoms with Gasteiger partial charge in [-0.1, -0.05) is 6.07 Å². The van der Waals surface area contributed by atoms with Crippen molar-refractivity contribution >= 4 is 22.7 Å². The third-order valence-corrected chi connectivity index (χ3v) is 6.06. The quantitative estimate of drug-likeness (QED) is 0.665. The van der Waals surface area contributed by atoms with E-state index < -0.39 is 0 Å². The summed E-state index contributed by atoms with van der Waals surface area (Å²) < 4.78 is 5.64. The van der Waals surface area contributed by atoms with Gasteiger partial charge in [0.25, 0.3) is 0 Å². The fraction of sp³-hybridized carbons (Fsp3) is 0.353. The second-order valence-corrected chi connectivity index (χ2v) is 7.97. The number of nitrogens with zero attached hydrogens (tertiary/aromatic N) is 2. The van der Waals surface area contributed by atoms with Gasteiger partial charge in [0, 0.05) is 22.3 Å². The second kappa shape index (κ2) is 5.99. The predicted octanol–water partition coefficient (Wildman–Crippen LogP) is 5.11. The third-order valence-electron chi connectivity index (χ3n) is 4.10. The summed E-state index contributed by atoms with van der Waals surface area (Å²) in [5.74, 6) is 0.743. The summed E-state index contributed by atoms with van der Waals surface area (Å²) >= 11 is 3.58. The summed E-state index contributed by atoms with van der Waals surface area (Å²) in [6.45, 7) is 4.19. The molecule has 0 bridgehead atoms. The van der Waals surface area contributed by atoms with Gasteiger partial charge in [0.05, 0.1) is 10.6 Å². The van der Waals surface area contributed by atoms with Crippen LogP contribution < -0.4 is 0 Å². The summed E-state index contributed by atoms with van der Waals surface area (Å²) in [7, 11) is 0. The SMILES string of the molecule is Cc1ccc(C2CCCN2Cc2coc(-c3cccs3)n2)s1. The molecule has 1 atom stereocenters.